The smallest absolute Gasteiger partial charge is 0.231 e. The van der Waals surface area contributed by atoms with Crippen molar-refractivity contribution in [3.8, 4) is 28.7 Å². The number of benzene rings is 2. The van der Waals surface area contributed by atoms with Gasteiger partial charge in [0.15, 0.2) is 41.5 Å². The quantitative estimate of drug-likeness (QED) is 0.761. The lowest BCUT2D eigenvalue weighted by molar-refractivity contribution is -0.0241. The van der Waals surface area contributed by atoms with Crippen molar-refractivity contribution in [3.05, 3.63) is 41.5 Å². The Morgan fingerprint density at radius 2 is 1.85 bits per heavy atom. The van der Waals surface area contributed by atoms with Crippen molar-refractivity contribution < 1.29 is 33.2 Å². The van der Waals surface area contributed by atoms with Crippen molar-refractivity contribution in [1.82, 2.24) is 0 Å². The monoisotopic (exact) mass is 358 g/mol. The van der Waals surface area contributed by atoms with Crippen LogP contribution in [0.4, 0.5) is 0 Å². The second-order valence-electron chi connectivity index (χ2n) is 5.92. The van der Waals surface area contributed by atoms with Crippen LogP contribution in [0.1, 0.15) is 22.0 Å². The zero-order chi connectivity index (χ0) is 18.1. The lowest BCUT2D eigenvalue weighted by Gasteiger charge is -2.34. The highest BCUT2D eigenvalue weighted by atomic mass is 16.7. The fourth-order valence-electron chi connectivity index (χ4n) is 3.11. The summed E-state index contributed by atoms with van der Waals surface area (Å²) in [7, 11) is 3.10. The summed E-state index contributed by atoms with van der Waals surface area (Å²) in [6, 6.07) is 8.89. The lowest BCUT2D eigenvalue weighted by Crippen LogP contribution is -2.36. The Hall–Kier alpha value is -2.93. The van der Waals surface area contributed by atoms with Gasteiger partial charge in [-0.05, 0) is 18.2 Å². The fourth-order valence-corrected chi connectivity index (χ4v) is 3.11. The second-order valence-corrected chi connectivity index (χ2v) is 5.92. The molecule has 7 nitrogen and oxygen atoms in total. The van der Waals surface area contributed by atoms with Gasteiger partial charge in [0.1, 0.15) is 5.75 Å². The summed E-state index contributed by atoms with van der Waals surface area (Å²) in [5.74, 6) is 2.78. The number of hydrogen-bond acceptors (Lipinski definition) is 7. The van der Waals surface area contributed by atoms with E-state index in [1.54, 1.807) is 19.2 Å². The topological polar surface area (TPSA) is 72.5 Å². The van der Waals surface area contributed by atoms with Crippen LogP contribution in [0.3, 0.4) is 0 Å². The number of ether oxygens (including phenoxy) is 6. The molecule has 7 heteroatoms. The van der Waals surface area contributed by atoms with Crippen LogP contribution >= 0.6 is 0 Å². The molecule has 26 heavy (non-hydrogen) atoms. The molecule has 0 unspecified atom stereocenters. The highest BCUT2D eigenvalue weighted by Gasteiger charge is 2.35. The number of hydrogen-bond donors (Lipinski definition) is 0. The van der Waals surface area contributed by atoms with Crippen LogP contribution in [0.2, 0.25) is 0 Å². The van der Waals surface area contributed by atoms with Gasteiger partial charge in [0.2, 0.25) is 6.79 Å². The summed E-state index contributed by atoms with van der Waals surface area (Å²) in [4.78, 5) is 11.2. The lowest BCUT2D eigenvalue weighted by atomic mass is 10.0. The van der Waals surface area contributed by atoms with Gasteiger partial charge in [0, 0.05) is 18.7 Å². The molecule has 0 saturated carbocycles. The van der Waals surface area contributed by atoms with Crippen LogP contribution in [-0.4, -0.2) is 40.0 Å². The van der Waals surface area contributed by atoms with Crippen molar-refractivity contribution in [3.63, 3.8) is 0 Å². The standard InChI is InChI=1S/C19H18O7/c1-21-9-18-19(11-3-4-13-15(5-11)24-10-23-13)26-17-7-14(22-2)12(8-20)6-16(17)25-18/h3-8,18-19H,9-10H2,1-2H3/t18-,19-/m1/s1. The number of carbonyl (C=O) groups is 1. The van der Waals surface area contributed by atoms with Crippen molar-refractivity contribution >= 4 is 6.29 Å². The molecule has 136 valence electrons. The van der Waals surface area contributed by atoms with E-state index in [0.717, 1.165) is 11.8 Å². The minimum atomic E-state index is -0.413. The van der Waals surface area contributed by atoms with Gasteiger partial charge in [-0.1, -0.05) is 6.07 Å². The molecule has 0 aromatic heterocycles. The minimum absolute atomic E-state index is 0.205. The van der Waals surface area contributed by atoms with E-state index in [-0.39, 0.29) is 12.9 Å². The molecular weight excluding hydrogens is 340 g/mol. The summed E-state index contributed by atoms with van der Waals surface area (Å²) < 4.78 is 33.6. The van der Waals surface area contributed by atoms with Gasteiger partial charge in [0.25, 0.3) is 0 Å². The number of aldehydes is 1. The molecule has 2 aromatic rings. The Morgan fingerprint density at radius 3 is 2.62 bits per heavy atom. The molecule has 2 aliphatic rings. The molecule has 0 aliphatic carbocycles. The zero-order valence-electron chi connectivity index (χ0n) is 14.4. The fraction of sp³-hybridized carbons (Fsp3) is 0.316. The molecule has 0 N–H and O–H groups in total. The largest absolute Gasteiger partial charge is 0.496 e. The second kappa shape index (κ2) is 6.76. The van der Waals surface area contributed by atoms with Gasteiger partial charge >= 0.3 is 0 Å². The predicted molar refractivity (Wildman–Crippen MR) is 90.6 cm³/mol. The van der Waals surface area contributed by atoms with Crippen LogP contribution < -0.4 is 23.7 Å². The van der Waals surface area contributed by atoms with Gasteiger partial charge in [0.05, 0.1) is 19.3 Å². The number of carbonyl (C=O) groups excluding carboxylic acids is 1. The molecule has 2 atom stereocenters. The van der Waals surface area contributed by atoms with Gasteiger partial charge in [-0.2, -0.15) is 0 Å². The molecular formula is C19H18O7. The van der Waals surface area contributed by atoms with Crippen molar-refractivity contribution in [2.24, 2.45) is 0 Å². The van der Waals surface area contributed by atoms with Crippen molar-refractivity contribution in [2.45, 2.75) is 12.2 Å². The molecule has 0 spiro atoms. The van der Waals surface area contributed by atoms with Gasteiger partial charge in [-0.25, -0.2) is 0 Å². The van der Waals surface area contributed by atoms with Gasteiger partial charge < -0.3 is 28.4 Å². The highest BCUT2D eigenvalue weighted by Crippen LogP contribution is 2.44. The van der Waals surface area contributed by atoms with Gasteiger partial charge in [-0.15, -0.1) is 0 Å². The summed E-state index contributed by atoms with van der Waals surface area (Å²) in [6.07, 6.45) is -0.0814. The van der Waals surface area contributed by atoms with E-state index in [2.05, 4.69) is 0 Å². The van der Waals surface area contributed by atoms with Crippen LogP contribution in [0, 0.1) is 0 Å². The van der Waals surface area contributed by atoms with E-state index in [0.29, 0.717) is 40.9 Å². The number of methoxy groups -OCH3 is 2. The third kappa shape index (κ3) is 2.80. The molecule has 0 radical (unpaired) electrons. The summed E-state index contributed by atoms with van der Waals surface area (Å²) >= 11 is 0. The van der Waals surface area contributed by atoms with E-state index < -0.39 is 6.10 Å². The zero-order valence-corrected chi connectivity index (χ0v) is 14.4. The maximum Gasteiger partial charge on any atom is 0.231 e. The van der Waals surface area contributed by atoms with E-state index in [4.69, 9.17) is 28.4 Å². The van der Waals surface area contributed by atoms with Crippen LogP contribution in [0.15, 0.2) is 30.3 Å². The molecule has 4 rings (SSSR count). The highest BCUT2D eigenvalue weighted by molar-refractivity contribution is 5.81. The Labute approximate surface area is 150 Å². The van der Waals surface area contributed by atoms with Crippen molar-refractivity contribution in [1.29, 1.82) is 0 Å². The molecule has 0 amide bonds. The van der Waals surface area contributed by atoms with Crippen LogP contribution in [0.25, 0.3) is 0 Å². The van der Waals surface area contributed by atoms with E-state index in [1.807, 2.05) is 18.2 Å². The van der Waals surface area contributed by atoms with E-state index in [9.17, 15) is 4.79 Å². The average molecular weight is 358 g/mol. The minimum Gasteiger partial charge on any atom is -0.496 e. The molecule has 2 heterocycles. The maximum atomic E-state index is 11.2. The van der Waals surface area contributed by atoms with Gasteiger partial charge in [-0.3, -0.25) is 4.79 Å². The summed E-state index contributed by atoms with van der Waals surface area (Å²) in [6.45, 7) is 0.526. The third-order valence-corrected chi connectivity index (χ3v) is 4.35. The molecule has 0 saturated heterocycles. The Balaban J connectivity index is 1.72. The number of rotatable bonds is 5. The van der Waals surface area contributed by atoms with Crippen LogP contribution in [0.5, 0.6) is 28.7 Å². The maximum absolute atomic E-state index is 11.2. The SMILES string of the molecule is COC[C@H]1Oc2cc(C=O)c(OC)cc2O[C@@H]1c1ccc2c(c1)OCO2. The normalized spacial score (nSPS) is 19.9. The van der Waals surface area contributed by atoms with Crippen LogP contribution in [-0.2, 0) is 4.74 Å². The molecule has 0 bridgehead atoms. The molecule has 0 fully saturated rings. The molecule has 2 aliphatic heterocycles. The van der Waals surface area contributed by atoms with E-state index in [1.165, 1.54) is 7.11 Å². The van der Waals surface area contributed by atoms with Crippen molar-refractivity contribution in [2.75, 3.05) is 27.6 Å². The Kier molecular flexibility index (Phi) is 4.30. The first-order valence-corrected chi connectivity index (χ1v) is 8.12. The predicted octanol–water partition coefficient (Wildman–Crippen LogP) is 2.76. The summed E-state index contributed by atoms with van der Waals surface area (Å²) in [5.41, 5.74) is 1.27. The first-order chi connectivity index (χ1) is 12.7. The Bertz CT molecular complexity index is 833. The van der Waals surface area contributed by atoms with E-state index >= 15 is 0 Å². The Morgan fingerprint density at radius 1 is 1.04 bits per heavy atom. The first-order valence-electron chi connectivity index (χ1n) is 8.12. The molecule has 2 aromatic carbocycles. The number of fused-ring (bicyclic) bond motifs is 2. The third-order valence-electron chi connectivity index (χ3n) is 4.35. The average Bonchev–Trinajstić information content (AvgIpc) is 3.14. The summed E-state index contributed by atoms with van der Waals surface area (Å²) in [5, 5.41) is 0. The first kappa shape index (κ1) is 16.5.